The Hall–Kier alpha value is -1.51. The summed E-state index contributed by atoms with van der Waals surface area (Å²) in [7, 11) is 0. The van der Waals surface area contributed by atoms with Gasteiger partial charge in [-0.15, -0.1) is 12.4 Å². The van der Waals surface area contributed by atoms with Crippen LogP contribution in [-0.4, -0.2) is 12.6 Å². The number of rotatable bonds is 8. The van der Waals surface area contributed by atoms with Crippen molar-refractivity contribution in [2.24, 2.45) is 5.73 Å². The molecule has 0 heterocycles. The molecule has 0 radical (unpaired) electrons. The fraction of sp³-hybridized carbons (Fsp3) is 0.400. The molecule has 0 aliphatic carbocycles. The standard InChI is InChI=1S/C20H27NO.ClH/c1-3-12-22-20-11-10-17(15-19(21)4-2)14-18(20)13-16-8-6-5-7-9-16;/h5-11,14,19H,3-4,12-13,15,21H2,1-2H3;1H. The van der Waals surface area contributed by atoms with E-state index in [9.17, 15) is 0 Å². The van der Waals surface area contributed by atoms with Gasteiger partial charge in [-0.3, -0.25) is 0 Å². The molecule has 2 nitrogen and oxygen atoms in total. The molecule has 2 aromatic rings. The minimum Gasteiger partial charge on any atom is -0.493 e. The summed E-state index contributed by atoms with van der Waals surface area (Å²) < 4.78 is 5.91. The van der Waals surface area contributed by atoms with Crippen molar-refractivity contribution in [3.05, 3.63) is 65.2 Å². The molecule has 0 aliphatic heterocycles. The maximum Gasteiger partial charge on any atom is 0.122 e. The molecule has 2 rings (SSSR count). The van der Waals surface area contributed by atoms with Crippen LogP contribution in [-0.2, 0) is 12.8 Å². The van der Waals surface area contributed by atoms with Gasteiger partial charge in [0.25, 0.3) is 0 Å². The maximum absolute atomic E-state index is 6.09. The molecular weight excluding hydrogens is 306 g/mol. The quantitative estimate of drug-likeness (QED) is 0.755. The van der Waals surface area contributed by atoms with Gasteiger partial charge in [0.2, 0.25) is 0 Å². The Kier molecular flexibility index (Phi) is 8.75. The van der Waals surface area contributed by atoms with Crippen LogP contribution >= 0.6 is 12.4 Å². The van der Waals surface area contributed by atoms with Crippen molar-refractivity contribution >= 4 is 12.4 Å². The van der Waals surface area contributed by atoms with Crippen LogP contribution in [0.2, 0.25) is 0 Å². The second-order valence-electron chi connectivity index (χ2n) is 5.83. The van der Waals surface area contributed by atoms with E-state index in [1.165, 1.54) is 16.7 Å². The molecule has 0 saturated heterocycles. The first-order chi connectivity index (χ1) is 10.7. The number of nitrogens with two attached hydrogens (primary N) is 1. The summed E-state index contributed by atoms with van der Waals surface area (Å²) in [5.41, 5.74) is 9.95. The highest BCUT2D eigenvalue weighted by molar-refractivity contribution is 5.85. The van der Waals surface area contributed by atoms with Crippen molar-refractivity contribution in [3.8, 4) is 5.75 Å². The summed E-state index contributed by atoms with van der Waals surface area (Å²) in [4.78, 5) is 0. The van der Waals surface area contributed by atoms with Gasteiger partial charge >= 0.3 is 0 Å². The average molecular weight is 334 g/mol. The maximum atomic E-state index is 6.09. The third kappa shape index (κ3) is 6.25. The normalized spacial score (nSPS) is 11.6. The van der Waals surface area contributed by atoms with Crippen molar-refractivity contribution in [2.45, 2.75) is 45.6 Å². The Morgan fingerprint density at radius 2 is 1.74 bits per heavy atom. The van der Waals surface area contributed by atoms with E-state index in [0.29, 0.717) is 0 Å². The lowest BCUT2D eigenvalue weighted by Crippen LogP contribution is -2.21. The van der Waals surface area contributed by atoms with E-state index in [2.05, 4.69) is 62.4 Å². The predicted molar refractivity (Wildman–Crippen MR) is 101 cm³/mol. The van der Waals surface area contributed by atoms with Gasteiger partial charge in [0.15, 0.2) is 0 Å². The Balaban J connectivity index is 0.00000264. The van der Waals surface area contributed by atoms with Gasteiger partial charge in [-0.25, -0.2) is 0 Å². The largest absolute Gasteiger partial charge is 0.493 e. The van der Waals surface area contributed by atoms with Gasteiger partial charge in [-0.05, 0) is 42.0 Å². The van der Waals surface area contributed by atoms with E-state index in [1.807, 2.05) is 0 Å². The zero-order valence-electron chi connectivity index (χ0n) is 14.1. The van der Waals surface area contributed by atoms with Gasteiger partial charge in [-0.2, -0.15) is 0 Å². The SMILES string of the molecule is CCCOc1ccc(CC(N)CC)cc1Cc1ccccc1.Cl. The molecule has 0 bridgehead atoms. The summed E-state index contributed by atoms with van der Waals surface area (Å²) in [6, 6.07) is 17.3. The van der Waals surface area contributed by atoms with Gasteiger partial charge in [0.05, 0.1) is 6.61 Å². The summed E-state index contributed by atoms with van der Waals surface area (Å²) >= 11 is 0. The van der Waals surface area contributed by atoms with E-state index in [-0.39, 0.29) is 18.4 Å². The molecule has 0 aromatic heterocycles. The summed E-state index contributed by atoms with van der Waals surface area (Å²) in [6.07, 6.45) is 3.84. The predicted octanol–water partition coefficient (Wildman–Crippen LogP) is 4.77. The number of halogens is 1. The molecule has 3 heteroatoms. The van der Waals surface area contributed by atoms with E-state index >= 15 is 0 Å². The van der Waals surface area contributed by atoms with Crippen LogP contribution in [0, 0.1) is 0 Å². The van der Waals surface area contributed by atoms with Crippen LogP contribution < -0.4 is 10.5 Å². The molecule has 2 N–H and O–H groups in total. The topological polar surface area (TPSA) is 35.2 Å². The fourth-order valence-corrected chi connectivity index (χ4v) is 2.51. The third-order valence-electron chi connectivity index (χ3n) is 3.85. The molecule has 126 valence electrons. The Bertz CT molecular complexity index is 571. The van der Waals surface area contributed by atoms with E-state index in [1.54, 1.807) is 0 Å². The Morgan fingerprint density at radius 1 is 1.00 bits per heavy atom. The molecule has 0 spiro atoms. The van der Waals surface area contributed by atoms with Crippen LogP contribution in [0.25, 0.3) is 0 Å². The lowest BCUT2D eigenvalue weighted by atomic mass is 9.98. The monoisotopic (exact) mass is 333 g/mol. The molecule has 1 atom stereocenters. The van der Waals surface area contributed by atoms with Gasteiger partial charge in [0, 0.05) is 12.5 Å². The second kappa shape index (κ2) is 10.3. The second-order valence-corrected chi connectivity index (χ2v) is 5.83. The number of hydrogen-bond acceptors (Lipinski definition) is 2. The molecule has 0 amide bonds. The zero-order chi connectivity index (χ0) is 15.8. The third-order valence-corrected chi connectivity index (χ3v) is 3.85. The summed E-state index contributed by atoms with van der Waals surface area (Å²) in [6.45, 7) is 5.02. The first-order valence-electron chi connectivity index (χ1n) is 8.27. The molecule has 1 unspecified atom stereocenters. The zero-order valence-corrected chi connectivity index (χ0v) is 14.9. The van der Waals surface area contributed by atoms with Gasteiger partial charge in [-0.1, -0.05) is 56.3 Å². The highest BCUT2D eigenvalue weighted by Crippen LogP contribution is 2.24. The van der Waals surface area contributed by atoms with Crippen LogP contribution in [0.4, 0.5) is 0 Å². The summed E-state index contributed by atoms with van der Waals surface area (Å²) in [5.74, 6) is 1.000. The van der Waals surface area contributed by atoms with E-state index in [4.69, 9.17) is 10.5 Å². The van der Waals surface area contributed by atoms with Gasteiger partial charge in [0.1, 0.15) is 5.75 Å². The average Bonchev–Trinajstić information content (AvgIpc) is 2.55. The highest BCUT2D eigenvalue weighted by Gasteiger charge is 2.08. The van der Waals surface area contributed by atoms with E-state index in [0.717, 1.165) is 38.0 Å². The molecule has 0 aliphatic rings. The summed E-state index contributed by atoms with van der Waals surface area (Å²) in [5, 5.41) is 0. The van der Waals surface area contributed by atoms with Crippen molar-refractivity contribution in [1.29, 1.82) is 0 Å². The molecule has 23 heavy (non-hydrogen) atoms. The molecular formula is C20H28ClNO. The molecule has 2 aromatic carbocycles. The van der Waals surface area contributed by atoms with Crippen molar-refractivity contribution in [1.82, 2.24) is 0 Å². The number of hydrogen-bond donors (Lipinski definition) is 1. The smallest absolute Gasteiger partial charge is 0.122 e. The first kappa shape index (κ1) is 19.5. The Labute approximate surface area is 146 Å². The first-order valence-corrected chi connectivity index (χ1v) is 8.27. The van der Waals surface area contributed by atoms with Crippen LogP contribution in [0.15, 0.2) is 48.5 Å². The minimum atomic E-state index is 0. The van der Waals surface area contributed by atoms with Crippen molar-refractivity contribution in [2.75, 3.05) is 6.61 Å². The van der Waals surface area contributed by atoms with Crippen LogP contribution in [0.5, 0.6) is 5.75 Å². The molecule has 0 saturated carbocycles. The lowest BCUT2D eigenvalue weighted by molar-refractivity contribution is 0.314. The van der Waals surface area contributed by atoms with E-state index < -0.39 is 0 Å². The van der Waals surface area contributed by atoms with Crippen molar-refractivity contribution in [3.63, 3.8) is 0 Å². The van der Waals surface area contributed by atoms with Crippen LogP contribution in [0.1, 0.15) is 43.4 Å². The minimum absolute atomic E-state index is 0. The Morgan fingerprint density at radius 3 is 2.39 bits per heavy atom. The lowest BCUT2D eigenvalue weighted by Gasteiger charge is -2.15. The van der Waals surface area contributed by atoms with Crippen LogP contribution in [0.3, 0.4) is 0 Å². The van der Waals surface area contributed by atoms with Gasteiger partial charge < -0.3 is 10.5 Å². The number of benzene rings is 2. The van der Waals surface area contributed by atoms with Crippen molar-refractivity contribution < 1.29 is 4.74 Å². The fourth-order valence-electron chi connectivity index (χ4n) is 2.51. The molecule has 0 fully saturated rings. The number of ether oxygens (including phenoxy) is 1. The highest BCUT2D eigenvalue weighted by atomic mass is 35.5.